The zero-order valence-corrected chi connectivity index (χ0v) is 27.4. The van der Waals surface area contributed by atoms with Gasteiger partial charge in [-0.25, -0.2) is 0 Å². The zero-order valence-electron chi connectivity index (χ0n) is 24.1. The Labute approximate surface area is 281 Å². The fourth-order valence-electron chi connectivity index (χ4n) is 7.61. The van der Waals surface area contributed by atoms with Gasteiger partial charge in [0.1, 0.15) is 22.4 Å². The van der Waals surface area contributed by atoms with Crippen molar-refractivity contribution in [1.82, 2.24) is 0 Å². The molecule has 3 aromatic carbocycles. The van der Waals surface area contributed by atoms with E-state index < -0.39 is 22.4 Å². The molecule has 4 aromatic heterocycles. The molecule has 2 aliphatic carbocycles. The fourth-order valence-corrected chi connectivity index (χ4v) is 11.0. The van der Waals surface area contributed by atoms with Crippen molar-refractivity contribution in [2.75, 3.05) is 0 Å². The van der Waals surface area contributed by atoms with Crippen molar-refractivity contribution in [3.8, 4) is 0 Å². The van der Waals surface area contributed by atoms with Gasteiger partial charge >= 0.3 is 0 Å². The summed E-state index contributed by atoms with van der Waals surface area (Å²) in [7, 11) is 0. The molecule has 8 heteroatoms. The molecule has 0 unspecified atom stereocenters. The lowest BCUT2D eigenvalue weighted by atomic mass is 9.61. The Morgan fingerprint density at radius 3 is 0.739 bits per heavy atom. The van der Waals surface area contributed by atoms with Crippen LogP contribution in [0.5, 0.6) is 0 Å². The lowest BCUT2D eigenvalue weighted by Gasteiger charge is -2.48. The Hall–Kier alpha value is -3.70. The molecule has 7 aromatic rings. The third-order valence-electron chi connectivity index (χ3n) is 9.64. The van der Waals surface area contributed by atoms with Gasteiger partial charge in [0.15, 0.2) is 0 Å². The Morgan fingerprint density at radius 1 is 0.304 bits per heavy atom. The van der Waals surface area contributed by atoms with E-state index in [1.807, 2.05) is 131 Å². The topological polar surface area (TPSA) is 80.9 Å². The third-order valence-corrected chi connectivity index (χ3v) is 13.6. The van der Waals surface area contributed by atoms with Crippen LogP contribution in [-0.2, 0) is 22.4 Å². The molecular formula is C38H26O4S4. The molecule has 0 radical (unpaired) electrons. The highest BCUT2D eigenvalue weighted by Crippen LogP contribution is 2.60. The van der Waals surface area contributed by atoms with E-state index in [4.69, 9.17) is 0 Å². The molecule has 0 saturated carbocycles. The van der Waals surface area contributed by atoms with Crippen LogP contribution in [-0.4, -0.2) is 20.4 Å². The van der Waals surface area contributed by atoms with Gasteiger partial charge in [0, 0.05) is 64.0 Å². The molecule has 0 fully saturated rings. The molecule has 0 saturated heterocycles. The van der Waals surface area contributed by atoms with Crippen LogP contribution in [0.3, 0.4) is 0 Å². The number of thiophene rings is 4. The van der Waals surface area contributed by atoms with Crippen LogP contribution in [0.2, 0.25) is 0 Å². The van der Waals surface area contributed by atoms with Crippen LogP contribution >= 0.6 is 45.3 Å². The van der Waals surface area contributed by atoms with Crippen molar-refractivity contribution in [3.63, 3.8) is 0 Å². The summed E-state index contributed by atoms with van der Waals surface area (Å²) in [6, 6.07) is 33.9. The molecule has 226 valence electrons. The van der Waals surface area contributed by atoms with E-state index in [1.165, 1.54) is 45.3 Å². The van der Waals surface area contributed by atoms with Crippen LogP contribution < -0.4 is 0 Å². The monoisotopic (exact) mass is 674 g/mol. The van der Waals surface area contributed by atoms with Crippen molar-refractivity contribution in [3.05, 3.63) is 195 Å². The van der Waals surface area contributed by atoms with E-state index in [1.54, 1.807) is 0 Å². The minimum absolute atomic E-state index is 0.464. The Balaban J connectivity index is 1.49. The summed E-state index contributed by atoms with van der Waals surface area (Å²) < 4.78 is 0. The van der Waals surface area contributed by atoms with Crippen LogP contribution in [0, 0.1) is 0 Å². The van der Waals surface area contributed by atoms with Gasteiger partial charge in [0.05, 0.1) is 0 Å². The lowest BCUT2D eigenvalue weighted by Crippen LogP contribution is -2.47. The molecule has 0 spiro atoms. The fraction of sp³-hybridized carbons (Fsp3) is 0.105. The second kappa shape index (κ2) is 9.90. The molecule has 9 rings (SSSR count). The van der Waals surface area contributed by atoms with Gasteiger partial charge < -0.3 is 20.4 Å². The first-order chi connectivity index (χ1) is 22.3. The SMILES string of the molecule is O[C@]1(c2cccs2)c2ccccc2[C@](O)(c2cccs2)c2cc3c(cc21)[C@](O)(c1cccs1)c1ccccc1[C@@]3(O)c1cccs1. The maximum Gasteiger partial charge on any atom is 0.150 e. The van der Waals surface area contributed by atoms with Gasteiger partial charge in [-0.1, -0.05) is 72.8 Å². The first-order valence-corrected chi connectivity index (χ1v) is 18.3. The van der Waals surface area contributed by atoms with Crippen molar-refractivity contribution in [2.24, 2.45) is 0 Å². The van der Waals surface area contributed by atoms with Gasteiger partial charge in [-0.15, -0.1) is 45.3 Å². The van der Waals surface area contributed by atoms with E-state index in [0.717, 1.165) is 0 Å². The molecule has 0 bridgehead atoms. The summed E-state index contributed by atoms with van der Waals surface area (Å²) >= 11 is 5.75. The average Bonchev–Trinajstić information content (AvgIpc) is 3.94. The molecule has 4 nitrogen and oxygen atoms in total. The largest absolute Gasteiger partial charge is 0.375 e. The lowest BCUT2D eigenvalue weighted by molar-refractivity contribution is 0.0681. The quantitative estimate of drug-likeness (QED) is 0.154. The number of hydrogen-bond donors (Lipinski definition) is 4. The maximum atomic E-state index is 13.1. The summed E-state index contributed by atoms with van der Waals surface area (Å²) in [6.07, 6.45) is 0. The smallest absolute Gasteiger partial charge is 0.150 e. The normalized spacial score (nSPS) is 26.2. The predicted molar refractivity (Wildman–Crippen MR) is 185 cm³/mol. The summed E-state index contributed by atoms with van der Waals surface area (Å²) in [6.45, 7) is 0. The molecule has 0 aliphatic heterocycles. The first kappa shape index (κ1) is 28.5. The number of hydrogen-bond acceptors (Lipinski definition) is 8. The van der Waals surface area contributed by atoms with Crippen LogP contribution in [0.15, 0.2) is 131 Å². The molecule has 4 atom stereocenters. The third kappa shape index (κ3) is 3.45. The van der Waals surface area contributed by atoms with Gasteiger partial charge in [0.25, 0.3) is 0 Å². The molecule has 4 N–H and O–H groups in total. The van der Waals surface area contributed by atoms with Crippen LogP contribution in [0.25, 0.3) is 0 Å². The van der Waals surface area contributed by atoms with E-state index in [0.29, 0.717) is 64.0 Å². The van der Waals surface area contributed by atoms with Gasteiger partial charge in [0.2, 0.25) is 0 Å². The number of benzene rings is 3. The molecule has 46 heavy (non-hydrogen) atoms. The summed E-state index contributed by atoms with van der Waals surface area (Å²) in [5.74, 6) is 0. The van der Waals surface area contributed by atoms with Crippen molar-refractivity contribution < 1.29 is 20.4 Å². The van der Waals surface area contributed by atoms with Crippen LogP contribution in [0.4, 0.5) is 0 Å². The minimum atomic E-state index is -1.65. The van der Waals surface area contributed by atoms with Gasteiger partial charge in [-0.05, 0) is 57.9 Å². The highest BCUT2D eigenvalue weighted by molar-refractivity contribution is 7.11. The van der Waals surface area contributed by atoms with Crippen molar-refractivity contribution >= 4 is 45.3 Å². The highest BCUT2D eigenvalue weighted by atomic mass is 32.1. The van der Waals surface area contributed by atoms with Gasteiger partial charge in [-0.3, -0.25) is 0 Å². The van der Waals surface area contributed by atoms with Gasteiger partial charge in [-0.2, -0.15) is 0 Å². The number of aliphatic hydroxyl groups is 4. The predicted octanol–water partition coefficient (Wildman–Crippen LogP) is 7.70. The average molecular weight is 675 g/mol. The van der Waals surface area contributed by atoms with E-state index in [2.05, 4.69) is 0 Å². The zero-order chi connectivity index (χ0) is 31.3. The van der Waals surface area contributed by atoms with Crippen LogP contribution in [0.1, 0.15) is 64.0 Å². The van der Waals surface area contributed by atoms with Crippen molar-refractivity contribution in [2.45, 2.75) is 22.4 Å². The van der Waals surface area contributed by atoms with E-state index >= 15 is 0 Å². The molecule has 4 heterocycles. The summed E-state index contributed by atoms with van der Waals surface area (Å²) in [5.41, 5.74) is -2.43. The number of rotatable bonds is 4. The van der Waals surface area contributed by atoms with E-state index in [-0.39, 0.29) is 0 Å². The number of fused-ring (bicyclic) bond motifs is 4. The Bertz CT molecular complexity index is 1910. The minimum Gasteiger partial charge on any atom is -0.375 e. The Morgan fingerprint density at radius 2 is 0.543 bits per heavy atom. The molecule has 2 aliphatic rings. The summed E-state index contributed by atoms with van der Waals surface area (Å²) in [4.78, 5) is 2.77. The summed E-state index contributed by atoms with van der Waals surface area (Å²) in [5, 5.41) is 60.3. The van der Waals surface area contributed by atoms with Crippen molar-refractivity contribution in [1.29, 1.82) is 0 Å². The standard InChI is InChI=1S/C38H26O4S4/c39-35(31-13-5-17-43-31)23-9-1-2-10-24(23)36(40,32-14-6-18-44-32)28-22-30-29(21-27(28)35)37(41,33-15-7-19-45-33)25-11-3-4-12-26(25)38(30,42)34-16-8-20-46-34/h1-22,39-42H/t35-,36-,37+,38+. The Kier molecular flexibility index (Phi) is 6.14. The second-order valence-electron chi connectivity index (χ2n) is 11.8. The maximum absolute atomic E-state index is 13.1. The molecule has 0 amide bonds. The molecular weight excluding hydrogens is 649 g/mol. The highest BCUT2D eigenvalue weighted by Gasteiger charge is 2.57. The second-order valence-corrected chi connectivity index (χ2v) is 15.6. The van der Waals surface area contributed by atoms with E-state index in [9.17, 15) is 20.4 Å². The first-order valence-electron chi connectivity index (χ1n) is 14.8.